The summed E-state index contributed by atoms with van der Waals surface area (Å²) in [6.45, 7) is 8.73. The molecule has 15 heavy (non-hydrogen) atoms. The van der Waals surface area contributed by atoms with Gasteiger partial charge in [-0.2, -0.15) is 0 Å². The fourth-order valence-corrected chi connectivity index (χ4v) is 2.42. The van der Waals surface area contributed by atoms with Gasteiger partial charge in [0.05, 0.1) is 6.61 Å². The Balaban J connectivity index is 2.12. The molecule has 3 heteroatoms. The molecule has 1 saturated heterocycles. The maximum Gasteiger partial charge on any atom is 0.0587 e. The second-order valence-corrected chi connectivity index (χ2v) is 4.61. The summed E-state index contributed by atoms with van der Waals surface area (Å²) in [6, 6.07) is 1.52. The maximum absolute atomic E-state index is 5.00. The van der Waals surface area contributed by atoms with Crippen molar-refractivity contribution in [2.75, 3.05) is 33.4 Å². The zero-order valence-corrected chi connectivity index (χ0v) is 10.5. The van der Waals surface area contributed by atoms with E-state index in [0.717, 1.165) is 31.8 Å². The Kier molecular flexibility index (Phi) is 6.22. The number of nitrogens with zero attached hydrogens (tertiary/aromatic N) is 1. The van der Waals surface area contributed by atoms with Crippen LogP contribution in [0.15, 0.2) is 0 Å². The molecule has 0 unspecified atom stereocenters. The minimum absolute atomic E-state index is 0.762. The van der Waals surface area contributed by atoms with Gasteiger partial charge in [-0.1, -0.05) is 6.42 Å². The molecule has 1 aliphatic rings. The number of rotatable bonds is 6. The van der Waals surface area contributed by atoms with Gasteiger partial charge in [0.15, 0.2) is 0 Å². The molecule has 90 valence electrons. The second-order valence-electron chi connectivity index (χ2n) is 4.61. The normalized spacial score (nSPS) is 28.2. The molecular formula is C12H26N2O. The van der Waals surface area contributed by atoms with Gasteiger partial charge in [-0.05, 0) is 26.7 Å². The summed E-state index contributed by atoms with van der Waals surface area (Å²) >= 11 is 0. The van der Waals surface area contributed by atoms with Gasteiger partial charge in [0.25, 0.3) is 0 Å². The topological polar surface area (TPSA) is 24.5 Å². The maximum atomic E-state index is 5.00. The van der Waals surface area contributed by atoms with Crippen LogP contribution in [-0.4, -0.2) is 50.3 Å². The Morgan fingerprint density at radius 3 is 2.47 bits per heavy atom. The van der Waals surface area contributed by atoms with Crippen molar-refractivity contribution in [3.63, 3.8) is 0 Å². The van der Waals surface area contributed by atoms with Crippen LogP contribution in [0, 0.1) is 0 Å². The number of methoxy groups -OCH3 is 1. The van der Waals surface area contributed by atoms with Crippen molar-refractivity contribution in [1.82, 2.24) is 10.2 Å². The molecule has 0 aliphatic carbocycles. The van der Waals surface area contributed by atoms with Crippen LogP contribution in [0.5, 0.6) is 0 Å². The highest BCUT2D eigenvalue weighted by molar-refractivity contribution is 4.79. The lowest BCUT2D eigenvalue weighted by Gasteiger charge is -2.39. The van der Waals surface area contributed by atoms with Gasteiger partial charge in [-0.15, -0.1) is 0 Å². The summed E-state index contributed by atoms with van der Waals surface area (Å²) in [4.78, 5) is 2.63. The highest BCUT2D eigenvalue weighted by Gasteiger charge is 2.23. The lowest BCUT2D eigenvalue weighted by atomic mass is 9.98. The number of likely N-dealkylation sites (tertiary alicyclic amines) is 1. The predicted octanol–water partition coefficient (Wildman–Crippen LogP) is 1.49. The minimum Gasteiger partial charge on any atom is -0.383 e. The van der Waals surface area contributed by atoms with Crippen LogP contribution in [0.2, 0.25) is 0 Å². The molecule has 0 bridgehead atoms. The molecule has 1 N–H and O–H groups in total. The highest BCUT2D eigenvalue weighted by atomic mass is 16.5. The van der Waals surface area contributed by atoms with E-state index in [-0.39, 0.29) is 0 Å². The summed E-state index contributed by atoms with van der Waals surface area (Å²) in [7, 11) is 1.75. The van der Waals surface area contributed by atoms with E-state index in [1.54, 1.807) is 7.11 Å². The molecule has 1 fully saturated rings. The molecule has 0 aromatic heterocycles. The van der Waals surface area contributed by atoms with E-state index >= 15 is 0 Å². The molecule has 0 amide bonds. The first-order valence-corrected chi connectivity index (χ1v) is 6.21. The summed E-state index contributed by atoms with van der Waals surface area (Å²) in [6.07, 6.45) is 4.13. The van der Waals surface area contributed by atoms with Crippen molar-refractivity contribution in [2.24, 2.45) is 0 Å². The van der Waals surface area contributed by atoms with Crippen LogP contribution in [0.4, 0.5) is 0 Å². The van der Waals surface area contributed by atoms with Crippen molar-refractivity contribution in [3.05, 3.63) is 0 Å². The molecule has 0 spiro atoms. The standard InChI is InChI=1S/C12H26N2O/c1-11-5-4-6-12(2)14(11)9-7-13-8-10-15-3/h11-13H,4-10H2,1-3H3/t11-,12+. The summed E-state index contributed by atoms with van der Waals surface area (Å²) < 4.78 is 5.00. The van der Waals surface area contributed by atoms with Gasteiger partial charge < -0.3 is 10.1 Å². The third kappa shape index (κ3) is 4.49. The molecule has 0 aromatic carbocycles. The van der Waals surface area contributed by atoms with Crippen molar-refractivity contribution in [2.45, 2.75) is 45.2 Å². The van der Waals surface area contributed by atoms with Gasteiger partial charge in [0, 0.05) is 38.8 Å². The molecule has 1 rings (SSSR count). The van der Waals surface area contributed by atoms with E-state index in [0.29, 0.717) is 0 Å². The van der Waals surface area contributed by atoms with Gasteiger partial charge in [-0.25, -0.2) is 0 Å². The fraction of sp³-hybridized carbons (Fsp3) is 1.00. The van der Waals surface area contributed by atoms with Gasteiger partial charge in [-0.3, -0.25) is 4.90 Å². The first-order valence-electron chi connectivity index (χ1n) is 6.21. The lowest BCUT2D eigenvalue weighted by Crippen LogP contribution is -2.46. The Hall–Kier alpha value is -0.120. The highest BCUT2D eigenvalue weighted by Crippen LogP contribution is 2.21. The summed E-state index contributed by atoms with van der Waals surface area (Å²) in [5.41, 5.74) is 0. The Morgan fingerprint density at radius 2 is 1.87 bits per heavy atom. The van der Waals surface area contributed by atoms with Crippen molar-refractivity contribution in [3.8, 4) is 0 Å². The number of ether oxygens (including phenoxy) is 1. The molecular weight excluding hydrogens is 188 g/mol. The van der Waals surface area contributed by atoms with Gasteiger partial charge >= 0.3 is 0 Å². The summed E-state index contributed by atoms with van der Waals surface area (Å²) in [5, 5.41) is 3.41. The number of hydrogen-bond donors (Lipinski definition) is 1. The van der Waals surface area contributed by atoms with Gasteiger partial charge in [0.1, 0.15) is 0 Å². The minimum atomic E-state index is 0.762. The molecule has 1 aliphatic heterocycles. The van der Waals surface area contributed by atoms with Crippen LogP contribution >= 0.6 is 0 Å². The van der Waals surface area contributed by atoms with Crippen LogP contribution < -0.4 is 5.32 Å². The molecule has 1 heterocycles. The van der Waals surface area contributed by atoms with Crippen LogP contribution in [0.3, 0.4) is 0 Å². The SMILES string of the molecule is COCCNCCN1[C@H](C)CCC[C@@H]1C. The van der Waals surface area contributed by atoms with Crippen molar-refractivity contribution >= 4 is 0 Å². The number of nitrogens with one attached hydrogen (secondary N) is 1. The van der Waals surface area contributed by atoms with E-state index in [2.05, 4.69) is 24.1 Å². The molecule has 2 atom stereocenters. The number of hydrogen-bond acceptors (Lipinski definition) is 3. The van der Waals surface area contributed by atoms with E-state index in [1.807, 2.05) is 0 Å². The average molecular weight is 214 g/mol. The molecule has 0 radical (unpaired) electrons. The largest absolute Gasteiger partial charge is 0.383 e. The molecule has 0 saturated carbocycles. The van der Waals surface area contributed by atoms with Crippen molar-refractivity contribution in [1.29, 1.82) is 0 Å². The van der Waals surface area contributed by atoms with Crippen LogP contribution in [-0.2, 0) is 4.74 Å². The summed E-state index contributed by atoms with van der Waals surface area (Å²) in [5.74, 6) is 0. The lowest BCUT2D eigenvalue weighted by molar-refractivity contribution is 0.103. The monoisotopic (exact) mass is 214 g/mol. The van der Waals surface area contributed by atoms with Crippen LogP contribution in [0.25, 0.3) is 0 Å². The Labute approximate surface area is 94.2 Å². The van der Waals surface area contributed by atoms with E-state index in [1.165, 1.54) is 25.8 Å². The quantitative estimate of drug-likeness (QED) is 0.678. The third-order valence-corrected chi connectivity index (χ3v) is 3.41. The van der Waals surface area contributed by atoms with E-state index in [4.69, 9.17) is 4.74 Å². The average Bonchev–Trinajstić information content (AvgIpc) is 2.21. The fourth-order valence-electron chi connectivity index (χ4n) is 2.42. The third-order valence-electron chi connectivity index (χ3n) is 3.41. The first kappa shape index (κ1) is 12.9. The van der Waals surface area contributed by atoms with Crippen LogP contribution in [0.1, 0.15) is 33.1 Å². The second kappa shape index (κ2) is 7.20. The zero-order valence-electron chi connectivity index (χ0n) is 10.5. The van der Waals surface area contributed by atoms with Crippen molar-refractivity contribution < 1.29 is 4.74 Å². The van der Waals surface area contributed by atoms with E-state index in [9.17, 15) is 0 Å². The molecule has 3 nitrogen and oxygen atoms in total. The van der Waals surface area contributed by atoms with E-state index < -0.39 is 0 Å². The zero-order chi connectivity index (χ0) is 11.1. The molecule has 0 aromatic rings. The Bertz CT molecular complexity index is 154. The first-order chi connectivity index (χ1) is 7.25. The predicted molar refractivity (Wildman–Crippen MR) is 64.2 cm³/mol. The smallest absolute Gasteiger partial charge is 0.0587 e. The van der Waals surface area contributed by atoms with Gasteiger partial charge in [0.2, 0.25) is 0 Å². The Morgan fingerprint density at radius 1 is 1.20 bits per heavy atom. The number of piperidine rings is 1.